The number of hydrogen-bond donors (Lipinski definition) is 2. The van der Waals surface area contributed by atoms with E-state index >= 15 is 0 Å². The molecule has 158 valence electrons. The average Bonchev–Trinajstić information content (AvgIpc) is 3.02. The Hall–Kier alpha value is -1.36. The molecule has 4 N–H and O–H groups in total. The Balaban J connectivity index is 1.39. The normalized spacial score (nSPS) is 25.8. The minimum Gasteiger partial charge on any atom is -0.331 e. The third-order valence-corrected chi connectivity index (χ3v) is 7.05. The third-order valence-electron chi connectivity index (χ3n) is 5.59. The Morgan fingerprint density at radius 3 is 2.69 bits per heavy atom. The molecule has 0 amide bonds. The summed E-state index contributed by atoms with van der Waals surface area (Å²) in [6, 6.07) is 4.54. The molecular formula is C19H27ClFN7S. The molecule has 1 saturated heterocycles. The molecule has 1 aromatic rings. The minimum atomic E-state index is -0.457. The first-order chi connectivity index (χ1) is 13.9. The highest BCUT2D eigenvalue weighted by atomic mass is 35.5. The van der Waals surface area contributed by atoms with Crippen molar-refractivity contribution in [2.75, 3.05) is 51.2 Å². The van der Waals surface area contributed by atoms with Gasteiger partial charge in [0.25, 0.3) is 0 Å². The van der Waals surface area contributed by atoms with Gasteiger partial charge in [-0.2, -0.15) is 0 Å². The molecule has 0 radical (unpaired) electrons. The Bertz CT molecular complexity index is 812. The number of halogens is 2. The number of thioether (sulfide) groups is 1. The summed E-state index contributed by atoms with van der Waals surface area (Å²) in [4.78, 5) is 14.3. The lowest BCUT2D eigenvalue weighted by Crippen LogP contribution is -2.46. The zero-order valence-corrected chi connectivity index (χ0v) is 18.0. The number of rotatable bonds is 5. The van der Waals surface area contributed by atoms with Gasteiger partial charge in [0.1, 0.15) is 23.3 Å². The van der Waals surface area contributed by atoms with Crippen LogP contribution >= 0.6 is 23.4 Å². The molecular weight excluding hydrogens is 413 g/mol. The number of nitrogens with two attached hydrogens (primary N) is 2. The van der Waals surface area contributed by atoms with Crippen LogP contribution in [0.4, 0.5) is 10.1 Å². The Labute approximate surface area is 180 Å². The van der Waals surface area contributed by atoms with E-state index in [1.807, 2.05) is 0 Å². The minimum absolute atomic E-state index is 0.0594. The molecule has 3 heterocycles. The lowest BCUT2D eigenvalue weighted by Gasteiger charge is -2.33. The summed E-state index contributed by atoms with van der Waals surface area (Å²) < 4.78 is 13.5. The number of likely N-dealkylation sites (N-methyl/N-ethyl adjacent to an activating group) is 1. The molecule has 2 atom stereocenters. The van der Waals surface area contributed by atoms with Gasteiger partial charge in [-0.3, -0.25) is 0 Å². The molecule has 2 unspecified atom stereocenters. The van der Waals surface area contributed by atoms with E-state index in [2.05, 4.69) is 26.7 Å². The van der Waals surface area contributed by atoms with Crippen LogP contribution in [0.25, 0.3) is 0 Å². The molecule has 1 aromatic carbocycles. The summed E-state index contributed by atoms with van der Waals surface area (Å²) in [5, 5.41) is 0.0594. The van der Waals surface area contributed by atoms with Gasteiger partial charge in [0.15, 0.2) is 0 Å². The first-order valence-electron chi connectivity index (χ1n) is 9.81. The standard InChI is InChI=1S/C19H27ClFN7S/c1-25-7-9-26(10-8-25)5-2-6-27-18-16(29-19(27)23)17(22)28(12-24-18)13-3-4-15(21)14(20)11-13/h3-4,11-12,17,19H,2,5-10,22-23H2,1H3. The summed E-state index contributed by atoms with van der Waals surface area (Å²) in [5.41, 5.74) is 13.4. The zero-order chi connectivity index (χ0) is 20.5. The van der Waals surface area contributed by atoms with Crippen LogP contribution in [0.3, 0.4) is 0 Å². The number of hydrogen-bond acceptors (Lipinski definition) is 8. The number of aliphatic imine (C=N–C) groups is 1. The van der Waals surface area contributed by atoms with Crippen LogP contribution in [0.15, 0.2) is 33.9 Å². The van der Waals surface area contributed by atoms with E-state index in [9.17, 15) is 4.39 Å². The molecule has 4 rings (SSSR count). The van der Waals surface area contributed by atoms with Crippen LogP contribution in [0, 0.1) is 5.82 Å². The average molecular weight is 440 g/mol. The highest BCUT2D eigenvalue weighted by Gasteiger charge is 2.37. The Kier molecular flexibility index (Phi) is 6.33. The summed E-state index contributed by atoms with van der Waals surface area (Å²) in [6.45, 7) is 6.37. The van der Waals surface area contributed by atoms with Crippen molar-refractivity contribution in [2.45, 2.75) is 18.1 Å². The number of anilines is 1. The van der Waals surface area contributed by atoms with E-state index in [0.717, 1.165) is 56.4 Å². The van der Waals surface area contributed by atoms with Crippen LogP contribution < -0.4 is 16.4 Å². The maximum Gasteiger partial charge on any atom is 0.145 e. The van der Waals surface area contributed by atoms with Gasteiger partial charge in [-0.05, 0) is 38.2 Å². The zero-order valence-electron chi connectivity index (χ0n) is 16.5. The fourth-order valence-electron chi connectivity index (χ4n) is 3.81. The summed E-state index contributed by atoms with van der Waals surface area (Å²) in [6.07, 6.45) is 2.28. The molecule has 0 spiro atoms. The van der Waals surface area contributed by atoms with Gasteiger partial charge in [0.2, 0.25) is 0 Å². The molecule has 10 heteroatoms. The third kappa shape index (κ3) is 4.40. The molecule has 3 aliphatic heterocycles. The van der Waals surface area contributed by atoms with E-state index < -0.39 is 12.0 Å². The van der Waals surface area contributed by atoms with E-state index in [1.54, 1.807) is 23.4 Å². The van der Waals surface area contributed by atoms with Crippen molar-refractivity contribution >= 4 is 35.4 Å². The number of piperazine rings is 1. The lowest BCUT2D eigenvalue weighted by atomic mass is 10.2. The maximum absolute atomic E-state index is 13.5. The van der Waals surface area contributed by atoms with Crippen molar-refractivity contribution in [3.05, 3.63) is 39.8 Å². The van der Waals surface area contributed by atoms with Crippen molar-refractivity contribution in [3.8, 4) is 0 Å². The second-order valence-electron chi connectivity index (χ2n) is 7.58. The summed E-state index contributed by atoms with van der Waals surface area (Å²) in [5.74, 6) is 0.388. The molecule has 0 saturated carbocycles. The van der Waals surface area contributed by atoms with Crippen LogP contribution in [0.2, 0.25) is 5.02 Å². The molecule has 7 nitrogen and oxygen atoms in total. The van der Waals surface area contributed by atoms with Gasteiger partial charge >= 0.3 is 0 Å². The largest absolute Gasteiger partial charge is 0.331 e. The first kappa shape index (κ1) is 20.9. The van der Waals surface area contributed by atoms with Gasteiger partial charge in [-0.25, -0.2) is 9.38 Å². The number of nitrogens with zero attached hydrogens (tertiary/aromatic N) is 5. The van der Waals surface area contributed by atoms with Crippen LogP contribution in [-0.4, -0.2) is 79.0 Å². The smallest absolute Gasteiger partial charge is 0.145 e. The SMILES string of the molecule is CN1CCN(CCCN2C3=C(SC2N)C(N)N(c2ccc(F)c(Cl)c2)C=N3)CC1. The number of benzene rings is 1. The van der Waals surface area contributed by atoms with E-state index in [1.165, 1.54) is 17.8 Å². The molecule has 0 aliphatic carbocycles. The lowest BCUT2D eigenvalue weighted by molar-refractivity contribution is 0.148. The van der Waals surface area contributed by atoms with Gasteiger partial charge in [-0.1, -0.05) is 23.4 Å². The summed E-state index contributed by atoms with van der Waals surface area (Å²) >= 11 is 7.46. The Morgan fingerprint density at radius 1 is 1.21 bits per heavy atom. The van der Waals surface area contributed by atoms with Gasteiger partial charge in [0.05, 0.1) is 16.3 Å². The molecule has 1 fully saturated rings. The predicted octanol–water partition coefficient (Wildman–Crippen LogP) is 1.71. The van der Waals surface area contributed by atoms with Crippen LogP contribution in [-0.2, 0) is 0 Å². The van der Waals surface area contributed by atoms with Crippen molar-refractivity contribution in [1.29, 1.82) is 0 Å². The van der Waals surface area contributed by atoms with E-state index in [4.69, 9.17) is 23.1 Å². The van der Waals surface area contributed by atoms with Gasteiger partial charge < -0.3 is 31.1 Å². The topological polar surface area (TPSA) is 77.4 Å². The fourth-order valence-corrected chi connectivity index (χ4v) is 5.10. The molecule has 0 aromatic heterocycles. The van der Waals surface area contributed by atoms with Crippen LogP contribution in [0.5, 0.6) is 0 Å². The fraction of sp³-hybridized carbons (Fsp3) is 0.526. The highest BCUT2D eigenvalue weighted by Crippen LogP contribution is 2.41. The van der Waals surface area contributed by atoms with E-state index in [0.29, 0.717) is 5.69 Å². The second kappa shape index (κ2) is 8.79. The quantitative estimate of drug-likeness (QED) is 0.723. The predicted molar refractivity (Wildman–Crippen MR) is 118 cm³/mol. The first-order valence-corrected chi connectivity index (χ1v) is 11.1. The van der Waals surface area contributed by atoms with Gasteiger partial charge in [0, 0.05) is 38.4 Å². The molecule has 0 bridgehead atoms. The monoisotopic (exact) mass is 439 g/mol. The van der Waals surface area contributed by atoms with Crippen molar-refractivity contribution in [3.63, 3.8) is 0 Å². The van der Waals surface area contributed by atoms with Crippen molar-refractivity contribution in [1.82, 2.24) is 14.7 Å². The molecule has 29 heavy (non-hydrogen) atoms. The van der Waals surface area contributed by atoms with Crippen molar-refractivity contribution in [2.24, 2.45) is 16.5 Å². The van der Waals surface area contributed by atoms with E-state index in [-0.39, 0.29) is 10.5 Å². The Morgan fingerprint density at radius 2 is 1.97 bits per heavy atom. The maximum atomic E-state index is 13.5. The summed E-state index contributed by atoms with van der Waals surface area (Å²) in [7, 11) is 2.17. The van der Waals surface area contributed by atoms with Crippen LogP contribution in [0.1, 0.15) is 6.42 Å². The van der Waals surface area contributed by atoms with Gasteiger partial charge in [-0.15, -0.1) is 0 Å². The molecule has 3 aliphatic rings. The highest BCUT2D eigenvalue weighted by molar-refractivity contribution is 8.03. The second-order valence-corrected chi connectivity index (χ2v) is 9.15. The van der Waals surface area contributed by atoms with Crippen molar-refractivity contribution < 1.29 is 4.39 Å².